The Morgan fingerprint density at radius 1 is 1.22 bits per heavy atom. The van der Waals surface area contributed by atoms with Crippen LogP contribution in [0.2, 0.25) is 0 Å². The first kappa shape index (κ1) is 19.9. The van der Waals surface area contributed by atoms with Crippen molar-refractivity contribution in [1.29, 1.82) is 0 Å². The number of aliphatic hydroxyl groups is 1. The van der Waals surface area contributed by atoms with Crippen LogP contribution in [0.1, 0.15) is 39.0 Å². The molecule has 1 unspecified atom stereocenters. The fourth-order valence-electron chi connectivity index (χ4n) is 3.47. The van der Waals surface area contributed by atoms with Crippen LogP contribution in [0.3, 0.4) is 0 Å². The van der Waals surface area contributed by atoms with E-state index in [2.05, 4.69) is 4.74 Å². The smallest absolute Gasteiger partial charge is 0.334 e. The summed E-state index contributed by atoms with van der Waals surface area (Å²) >= 11 is 0. The van der Waals surface area contributed by atoms with E-state index in [0.29, 0.717) is 12.8 Å². The highest BCUT2D eigenvalue weighted by atomic mass is 16.7. The van der Waals surface area contributed by atoms with Gasteiger partial charge in [-0.25, -0.2) is 4.79 Å². The first-order valence-electron chi connectivity index (χ1n) is 7.84. The van der Waals surface area contributed by atoms with Gasteiger partial charge in [0, 0.05) is 24.9 Å². The summed E-state index contributed by atoms with van der Waals surface area (Å²) in [6.45, 7) is 2.06. The largest absolute Gasteiger partial charge is 0.469 e. The Labute approximate surface area is 137 Å². The monoisotopic (exact) mass is 332 g/mol. The molecule has 1 rings (SSSR count). The summed E-state index contributed by atoms with van der Waals surface area (Å²) in [5.41, 5.74) is -0.557. The van der Waals surface area contributed by atoms with Gasteiger partial charge >= 0.3 is 11.9 Å². The molecule has 4 atom stereocenters. The predicted octanol–water partition coefficient (Wildman–Crippen LogP) is 1.27. The van der Waals surface area contributed by atoms with Crippen molar-refractivity contribution in [2.24, 2.45) is 11.3 Å². The topological polar surface area (TPSA) is 91.3 Å². The molecule has 0 amide bonds. The van der Waals surface area contributed by atoms with Gasteiger partial charge in [-0.1, -0.05) is 13.3 Å². The lowest BCUT2D eigenvalue weighted by Gasteiger charge is -2.48. The minimum absolute atomic E-state index is 0.125. The number of esters is 2. The number of aliphatic hydroxyl groups excluding tert-OH is 1. The summed E-state index contributed by atoms with van der Waals surface area (Å²) in [5, 5.41) is 10.4. The van der Waals surface area contributed by atoms with Crippen LogP contribution >= 0.6 is 0 Å². The molecule has 1 N–H and O–H groups in total. The fourth-order valence-corrected chi connectivity index (χ4v) is 3.47. The van der Waals surface area contributed by atoms with E-state index in [1.807, 2.05) is 6.92 Å². The van der Waals surface area contributed by atoms with Crippen molar-refractivity contribution in [3.05, 3.63) is 0 Å². The predicted molar refractivity (Wildman–Crippen MR) is 81.5 cm³/mol. The summed E-state index contributed by atoms with van der Waals surface area (Å²) < 4.78 is 20.1. The van der Waals surface area contributed by atoms with Crippen molar-refractivity contribution in [2.45, 2.75) is 51.2 Å². The number of rotatable bonds is 8. The zero-order valence-corrected chi connectivity index (χ0v) is 14.4. The van der Waals surface area contributed by atoms with Gasteiger partial charge in [0.05, 0.1) is 20.3 Å². The Balaban J connectivity index is 2.98. The van der Waals surface area contributed by atoms with Crippen LogP contribution in [-0.4, -0.2) is 57.4 Å². The maximum absolute atomic E-state index is 11.8. The van der Waals surface area contributed by atoms with Crippen molar-refractivity contribution >= 4 is 11.9 Å². The molecule has 1 saturated carbocycles. The van der Waals surface area contributed by atoms with Crippen LogP contribution in [0.5, 0.6) is 0 Å². The van der Waals surface area contributed by atoms with Gasteiger partial charge in [0.2, 0.25) is 0 Å². The Kier molecular flexibility index (Phi) is 7.94. The molecule has 0 spiro atoms. The third kappa shape index (κ3) is 4.89. The van der Waals surface area contributed by atoms with E-state index >= 15 is 0 Å². The lowest BCUT2D eigenvalue weighted by Crippen LogP contribution is -2.51. The highest BCUT2D eigenvalue weighted by molar-refractivity contribution is 5.74. The Bertz CT molecular complexity index is 398. The molecule has 0 heterocycles. The van der Waals surface area contributed by atoms with Gasteiger partial charge in [0.1, 0.15) is 6.79 Å². The molecule has 7 heteroatoms. The Morgan fingerprint density at radius 3 is 2.48 bits per heavy atom. The van der Waals surface area contributed by atoms with Crippen molar-refractivity contribution in [1.82, 2.24) is 0 Å². The van der Waals surface area contributed by atoms with Gasteiger partial charge in [0.25, 0.3) is 0 Å². The minimum atomic E-state index is -1.24. The molecule has 1 aliphatic carbocycles. The molecule has 0 bridgehead atoms. The van der Waals surface area contributed by atoms with E-state index in [1.54, 1.807) is 0 Å². The molecule has 1 aliphatic rings. The van der Waals surface area contributed by atoms with Gasteiger partial charge in [0.15, 0.2) is 6.10 Å². The van der Waals surface area contributed by atoms with Crippen molar-refractivity contribution in [2.75, 3.05) is 28.1 Å². The normalized spacial score (nSPS) is 28.9. The summed E-state index contributed by atoms with van der Waals surface area (Å²) in [4.78, 5) is 23.3. The molecule has 134 valence electrons. The third-order valence-corrected chi connectivity index (χ3v) is 4.87. The van der Waals surface area contributed by atoms with Crippen LogP contribution in [0.15, 0.2) is 0 Å². The van der Waals surface area contributed by atoms with E-state index in [1.165, 1.54) is 21.3 Å². The molecule has 7 nitrogen and oxygen atoms in total. The highest BCUT2D eigenvalue weighted by Crippen LogP contribution is 2.48. The van der Waals surface area contributed by atoms with Crippen LogP contribution < -0.4 is 0 Å². The molecule has 23 heavy (non-hydrogen) atoms. The second-order valence-electron chi connectivity index (χ2n) is 6.15. The summed E-state index contributed by atoms with van der Waals surface area (Å²) in [7, 11) is 4.12. The molecule has 0 saturated heterocycles. The Hall–Kier alpha value is -1.18. The van der Waals surface area contributed by atoms with Gasteiger partial charge in [-0.3, -0.25) is 4.79 Å². The average Bonchev–Trinajstić information content (AvgIpc) is 2.57. The first-order valence-corrected chi connectivity index (χ1v) is 7.84. The number of carbonyl (C=O) groups is 2. The second-order valence-corrected chi connectivity index (χ2v) is 6.15. The lowest BCUT2D eigenvalue weighted by atomic mass is 9.61. The van der Waals surface area contributed by atoms with Gasteiger partial charge in [-0.05, 0) is 19.3 Å². The molecular weight excluding hydrogens is 304 g/mol. The number of hydrogen-bond acceptors (Lipinski definition) is 7. The van der Waals surface area contributed by atoms with Gasteiger partial charge in [-0.15, -0.1) is 0 Å². The van der Waals surface area contributed by atoms with E-state index < -0.39 is 17.5 Å². The average molecular weight is 332 g/mol. The zero-order chi connectivity index (χ0) is 17.5. The van der Waals surface area contributed by atoms with Crippen LogP contribution in [0.25, 0.3) is 0 Å². The van der Waals surface area contributed by atoms with Crippen molar-refractivity contribution in [3.63, 3.8) is 0 Å². The quantitative estimate of drug-likeness (QED) is 0.528. The van der Waals surface area contributed by atoms with E-state index in [-0.39, 0.29) is 31.2 Å². The maximum atomic E-state index is 11.8. The van der Waals surface area contributed by atoms with E-state index in [0.717, 1.165) is 12.8 Å². The molecular formula is C16H28O7. The highest BCUT2D eigenvalue weighted by Gasteiger charge is 2.49. The standard InChI is InChI=1S/C16H28O7/c1-16(9-8-13(17)21-3)11(14(18)15(19)22-4)6-5-7-12(16)23-10-20-2/h11-12,14,18H,5-10H2,1-4H3/t11-,12-,14?,16-/m1/s1. The first-order chi connectivity index (χ1) is 10.9. The number of carbonyl (C=O) groups excluding carboxylic acids is 2. The third-order valence-electron chi connectivity index (χ3n) is 4.87. The summed E-state index contributed by atoms with van der Waals surface area (Å²) in [6, 6.07) is 0. The molecule has 0 aromatic heterocycles. The van der Waals surface area contributed by atoms with Gasteiger partial charge in [-0.2, -0.15) is 0 Å². The molecule has 0 aliphatic heterocycles. The summed E-state index contributed by atoms with van der Waals surface area (Å²) in [6.07, 6.45) is 1.46. The van der Waals surface area contributed by atoms with Crippen molar-refractivity contribution in [3.8, 4) is 0 Å². The van der Waals surface area contributed by atoms with Crippen LogP contribution in [0, 0.1) is 11.3 Å². The molecule has 1 fully saturated rings. The second kappa shape index (κ2) is 9.20. The fraction of sp³-hybridized carbons (Fsp3) is 0.875. The van der Waals surface area contributed by atoms with Crippen LogP contribution in [-0.2, 0) is 28.5 Å². The molecule has 0 aromatic carbocycles. The summed E-state index contributed by atoms with van der Waals surface area (Å²) in [5.74, 6) is -1.34. The Morgan fingerprint density at radius 2 is 1.91 bits per heavy atom. The van der Waals surface area contributed by atoms with E-state index in [4.69, 9.17) is 14.2 Å². The SMILES string of the molecule is COCO[C@@H]1CCC[C@H](C(O)C(=O)OC)[C@@]1(C)CCC(=O)OC. The number of hydrogen-bond donors (Lipinski definition) is 1. The zero-order valence-electron chi connectivity index (χ0n) is 14.4. The minimum Gasteiger partial charge on any atom is -0.469 e. The van der Waals surface area contributed by atoms with E-state index in [9.17, 15) is 14.7 Å². The number of ether oxygens (including phenoxy) is 4. The lowest BCUT2D eigenvalue weighted by molar-refractivity contribution is -0.180. The molecule has 0 radical (unpaired) electrons. The molecule has 0 aromatic rings. The number of methoxy groups -OCH3 is 3. The van der Waals surface area contributed by atoms with Gasteiger partial charge < -0.3 is 24.1 Å². The van der Waals surface area contributed by atoms with Crippen molar-refractivity contribution < 1.29 is 33.6 Å². The van der Waals surface area contributed by atoms with Crippen LogP contribution in [0.4, 0.5) is 0 Å². The maximum Gasteiger partial charge on any atom is 0.334 e.